The smallest absolute Gasteiger partial charge is 0.283 e. The first-order valence-corrected chi connectivity index (χ1v) is 9.47. The number of sulfonamides is 1. The van der Waals surface area contributed by atoms with Crippen LogP contribution in [0.4, 0.5) is 5.69 Å². The van der Waals surface area contributed by atoms with Crippen molar-refractivity contribution in [2.24, 2.45) is 4.40 Å². The number of fused-ring (bicyclic) bond motifs is 1. The summed E-state index contributed by atoms with van der Waals surface area (Å²) in [6.45, 7) is 0. The van der Waals surface area contributed by atoms with Gasteiger partial charge in [0.15, 0.2) is 5.78 Å². The highest BCUT2D eigenvalue weighted by Gasteiger charge is 2.37. The lowest BCUT2D eigenvalue weighted by Gasteiger charge is -2.17. The maximum absolute atomic E-state index is 12.5. The summed E-state index contributed by atoms with van der Waals surface area (Å²) in [7, 11) is -3.78. The topological polar surface area (TPSA) is 75.6 Å². The first kappa shape index (κ1) is 15.0. The average Bonchev–Trinajstić information content (AvgIpc) is 2.92. The third-order valence-electron chi connectivity index (χ3n) is 4.58. The van der Waals surface area contributed by atoms with Crippen LogP contribution >= 0.6 is 0 Å². The molecule has 1 heterocycles. The number of hydrogen-bond donors (Lipinski definition) is 1. The van der Waals surface area contributed by atoms with Crippen LogP contribution in [-0.2, 0) is 10.0 Å². The Hall–Kier alpha value is -3.25. The fraction of sp³-hybridized carbons (Fsp3) is 0. The van der Waals surface area contributed by atoms with Gasteiger partial charge in [-0.1, -0.05) is 42.5 Å². The van der Waals surface area contributed by atoms with E-state index in [4.69, 9.17) is 0 Å². The van der Waals surface area contributed by atoms with E-state index in [0.717, 1.165) is 16.5 Å². The van der Waals surface area contributed by atoms with Crippen molar-refractivity contribution < 1.29 is 13.2 Å². The molecule has 5 rings (SSSR count). The van der Waals surface area contributed by atoms with Crippen molar-refractivity contribution in [2.75, 3.05) is 5.32 Å². The fourth-order valence-electron chi connectivity index (χ4n) is 3.39. The largest absolute Gasteiger partial charge is 0.354 e. The van der Waals surface area contributed by atoms with Gasteiger partial charge >= 0.3 is 0 Å². The molecule has 1 aliphatic carbocycles. The molecule has 26 heavy (non-hydrogen) atoms. The predicted octanol–water partition coefficient (Wildman–Crippen LogP) is 3.52. The molecule has 3 aromatic rings. The summed E-state index contributed by atoms with van der Waals surface area (Å²) in [5, 5.41) is 5.30. The van der Waals surface area contributed by atoms with Gasteiger partial charge in [0.25, 0.3) is 10.0 Å². The van der Waals surface area contributed by atoms with Gasteiger partial charge in [-0.3, -0.25) is 4.79 Å². The zero-order valence-corrected chi connectivity index (χ0v) is 14.2. The Labute approximate surface area is 149 Å². The number of allylic oxidation sites excluding steroid dienone is 2. The Balaban J connectivity index is 1.63. The molecule has 0 amide bonds. The molecule has 0 unspecified atom stereocenters. The van der Waals surface area contributed by atoms with E-state index in [9.17, 15) is 13.2 Å². The molecule has 0 saturated carbocycles. The Bertz CT molecular complexity index is 1290. The van der Waals surface area contributed by atoms with E-state index >= 15 is 0 Å². The molecule has 5 nitrogen and oxygen atoms in total. The number of ketones is 1. The van der Waals surface area contributed by atoms with Crippen molar-refractivity contribution in [1.82, 2.24) is 0 Å². The summed E-state index contributed by atoms with van der Waals surface area (Å²) in [5.41, 5.74) is 2.21. The molecular weight excluding hydrogens is 348 g/mol. The molecule has 0 fully saturated rings. The molecule has 1 N–H and O–H groups in total. The van der Waals surface area contributed by atoms with Crippen LogP contribution < -0.4 is 5.32 Å². The number of nitrogens with one attached hydrogen (secondary N) is 1. The van der Waals surface area contributed by atoms with E-state index < -0.39 is 10.0 Å². The molecule has 126 valence electrons. The molecule has 0 bridgehead atoms. The standard InChI is InChI=1S/C20H12N2O3S/c23-17-11-16(21-14-9-8-12-4-1-2-5-13(12)10-14)20-19-15(17)6-3-7-18(19)26(24,25)22-20/h1-11,21H. The van der Waals surface area contributed by atoms with Crippen molar-refractivity contribution >= 4 is 38.0 Å². The van der Waals surface area contributed by atoms with Gasteiger partial charge in [0.2, 0.25) is 0 Å². The van der Waals surface area contributed by atoms with E-state index in [0.29, 0.717) is 22.5 Å². The molecular formula is C20H12N2O3S. The molecule has 3 aromatic carbocycles. The average molecular weight is 360 g/mol. The van der Waals surface area contributed by atoms with Crippen LogP contribution in [0, 0.1) is 0 Å². The Morgan fingerprint density at radius 1 is 0.885 bits per heavy atom. The molecule has 0 atom stereocenters. The van der Waals surface area contributed by atoms with Gasteiger partial charge in [-0.2, -0.15) is 12.8 Å². The second-order valence-corrected chi connectivity index (χ2v) is 7.78. The van der Waals surface area contributed by atoms with Gasteiger partial charge in [-0.15, -0.1) is 0 Å². The third-order valence-corrected chi connectivity index (χ3v) is 5.90. The quantitative estimate of drug-likeness (QED) is 0.759. The first-order chi connectivity index (χ1) is 12.5. The lowest BCUT2D eigenvalue weighted by Crippen LogP contribution is -2.21. The van der Waals surface area contributed by atoms with Crippen molar-refractivity contribution in [3.05, 3.63) is 83.6 Å². The second kappa shape index (κ2) is 5.12. The van der Waals surface area contributed by atoms with E-state index in [1.54, 1.807) is 12.1 Å². The minimum Gasteiger partial charge on any atom is -0.354 e. The normalized spacial score (nSPS) is 16.8. The number of anilines is 1. The molecule has 2 aliphatic rings. The molecule has 0 aromatic heterocycles. The first-order valence-electron chi connectivity index (χ1n) is 8.03. The molecule has 0 spiro atoms. The summed E-state index contributed by atoms with van der Waals surface area (Å²) in [6.07, 6.45) is 1.40. The minimum atomic E-state index is -3.78. The lowest BCUT2D eigenvalue weighted by atomic mass is 9.92. The van der Waals surface area contributed by atoms with Crippen LogP contribution in [0.1, 0.15) is 15.9 Å². The van der Waals surface area contributed by atoms with E-state index in [1.807, 2.05) is 42.5 Å². The Kier molecular flexibility index (Phi) is 2.96. The summed E-state index contributed by atoms with van der Waals surface area (Å²) in [6, 6.07) is 18.4. The van der Waals surface area contributed by atoms with Gasteiger partial charge in [0, 0.05) is 22.9 Å². The Morgan fingerprint density at radius 2 is 1.69 bits per heavy atom. The number of carbonyl (C=O) groups excluding carboxylic acids is 1. The highest BCUT2D eigenvalue weighted by atomic mass is 32.2. The molecule has 0 radical (unpaired) electrons. The fourth-order valence-corrected chi connectivity index (χ4v) is 4.63. The number of benzene rings is 3. The number of carbonyl (C=O) groups is 1. The summed E-state index contributed by atoms with van der Waals surface area (Å²) in [4.78, 5) is 12.6. The number of rotatable bonds is 2. The maximum atomic E-state index is 12.5. The van der Waals surface area contributed by atoms with Crippen LogP contribution in [0.5, 0.6) is 0 Å². The summed E-state index contributed by atoms with van der Waals surface area (Å²) in [5.74, 6) is -0.235. The zero-order valence-electron chi connectivity index (χ0n) is 13.4. The lowest BCUT2D eigenvalue weighted by molar-refractivity contribution is 0.104. The maximum Gasteiger partial charge on any atom is 0.283 e. The van der Waals surface area contributed by atoms with Gasteiger partial charge in [-0.05, 0) is 29.0 Å². The van der Waals surface area contributed by atoms with Crippen molar-refractivity contribution in [1.29, 1.82) is 0 Å². The monoisotopic (exact) mass is 360 g/mol. The Morgan fingerprint density at radius 3 is 2.54 bits per heavy atom. The number of nitrogens with zero attached hydrogens (tertiary/aromatic N) is 1. The second-order valence-electron chi connectivity index (χ2n) is 6.20. The van der Waals surface area contributed by atoms with Crippen LogP contribution in [0.15, 0.2) is 81.7 Å². The van der Waals surface area contributed by atoms with Gasteiger partial charge in [0.1, 0.15) is 5.71 Å². The van der Waals surface area contributed by atoms with Crippen LogP contribution in [0.3, 0.4) is 0 Å². The number of hydrogen-bond acceptors (Lipinski definition) is 4. The minimum absolute atomic E-state index is 0.0873. The van der Waals surface area contributed by atoms with Crippen molar-refractivity contribution in [3.63, 3.8) is 0 Å². The van der Waals surface area contributed by atoms with Gasteiger partial charge in [0.05, 0.1) is 10.6 Å². The van der Waals surface area contributed by atoms with Gasteiger partial charge in [-0.25, -0.2) is 0 Å². The highest BCUT2D eigenvalue weighted by Crippen LogP contribution is 2.35. The van der Waals surface area contributed by atoms with Crippen LogP contribution in [0.25, 0.3) is 10.8 Å². The van der Waals surface area contributed by atoms with Crippen molar-refractivity contribution in [2.45, 2.75) is 4.90 Å². The van der Waals surface area contributed by atoms with Crippen LogP contribution in [0.2, 0.25) is 0 Å². The van der Waals surface area contributed by atoms with Crippen molar-refractivity contribution in [3.8, 4) is 0 Å². The SMILES string of the molecule is O=C1C=C(Nc2ccc3ccccc3c2)C2=NS(=O)(=O)c3cccc1c32. The highest BCUT2D eigenvalue weighted by molar-refractivity contribution is 7.90. The summed E-state index contributed by atoms with van der Waals surface area (Å²) >= 11 is 0. The summed E-state index contributed by atoms with van der Waals surface area (Å²) < 4.78 is 28.6. The molecule has 0 saturated heterocycles. The molecule has 6 heteroatoms. The molecule has 1 aliphatic heterocycles. The third kappa shape index (κ3) is 2.12. The zero-order chi connectivity index (χ0) is 17.9. The van der Waals surface area contributed by atoms with Gasteiger partial charge < -0.3 is 5.32 Å². The van der Waals surface area contributed by atoms with Crippen LogP contribution in [-0.4, -0.2) is 19.9 Å². The van der Waals surface area contributed by atoms with E-state index in [1.165, 1.54) is 12.1 Å². The predicted molar refractivity (Wildman–Crippen MR) is 100 cm³/mol. The van der Waals surface area contributed by atoms with E-state index in [2.05, 4.69) is 9.71 Å². The van der Waals surface area contributed by atoms with E-state index in [-0.39, 0.29) is 10.7 Å².